The zero-order valence-corrected chi connectivity index (χ0v) is 17.0. The van der Waals surface area contributed by atoms with Crippen LogP contribution in [0.2, 0.25) is 0 Å². The second kappa shape index (κ2) is 8.82. The van der Waals surface area contributed by atoms with Crippen molar-refractivity contribution in [3.05, 3.63) is 96.1 Å². The number of hydrogen-bond acceptors (Lipinski definition) is 5. The molecule has 3 rings (SSSR count). The highest BCUT2D eigenvalue weighted by molar-refractivity contribution is 7.85. The summed E-state index contributed by atoms with van der Waals surface area (Å²) in [4.78, 5) is 8.29. The van der Waals surface area contributed by atoms with Gasteiger partial charge in [0.15, 0.2) is 5.84 Å². The minimum absolute atomic E-state index is 0.0129. The Kier molecular flexibility index (Phi) is 6.19. The smallest absolute Gasteiger partial charge is 0.294 e. The third-order valence-corrected chi connectivity index (χ3v) is 5.11. The van der Waals surface area contributed by atoms with E-state index in [1.165, 1.54) is 30.3 Å². The first-order valence-corrected chi connectivity index (χ1v) is 10.4. The van der Waals surface area contributed by atoms with E-state index >= 15 is 0 Å². The maximum atomic E-state index is 11.4. The molecule has 8 nitrogen and oxygen atoms in total. The van der Waals surface area contributed by atoms with Gasteiger partial charge in [0.05, 0.1) is 21.7 Å². The highest BCUT2D eigenvalue weighted by Gasteiger charge is 2.14. The van der Waals surface area contributed by atoms with Crippen LogP contribution in [0.1, 0.15) is 16.7 Å². The Morgan fingerprint density at radius 1 is 0.839 bits per heavy atom. The SMILES string of the molecule is C=C(/N=C(\N=C(/N)c1ccccc1O)c1ccccc1O)c1cccc(S(=O)(=O)O)c1. The van der Waals surface area contributed by atoms with Crippen LogP contribution in [0.3, 0.4) is 0 Å². The number of rotatable bonds is 5. The molecule has 0 amide bonds. The van der Waals surface area contributed by atoms with Gasteiger partial charge < -0.3 is 15.9 Å². The Balaban J connectivity index is 2.12. The molecule has 0 saturated carbocycles. The first-order valence-electron chi connectivity index (χ1n) is 8.93. The molecule has 31 heavy (non-hydrogen) atoms. The van der Waals surface area contributed by atoms with E-state index in [4.69, 9.17) is 5.73 Å². The van der Waals surface area contributed by atoms with Crippen LogP contribution in [-0.4, -0.2) is 34.9 Å². The Morgan fingerprint density at radius 3 is 2.00 bits per heavy atom. The monoisotopic (exact) mass is 437 g/mol. The number of nitrogens with two attached hydrogens (primary N) is 1. The van der Waals surface area contributed by atoms with E-state index in [9.17, 15) is 23.2 Å². The maximum absolute atomic E-state index is 11.4. The van der Waals surface area contributed by atoms with Gasteiger partial charge in [0.2, 0.25) is 0 Å². The van der Waals surface area contributed by atoms with Gasteiger partial charge in [-0.25, -0.2) is 9.98 Å². The molecule has 0 bridgehead atoms. The number of para-hydroxylation sites is 2. The highest BCUT2D eigenvalue weighted by atomic mass is 32.2. The zero-order valence-electron chi connectivity index (χ0n) is 16.2. The predicted molar refractivity (Wildman–Crippen MR) is 119 cm³/mol. The van der Waals surface area contributed by atoms with Crippen molar-refractivity contribution in [2.75, 3.05) is 0 Å². The van der Waals surface area contributed by atoms with Gasteiger partial charge >= 0.3 is 0 Å². The molecule has 5 N–H and O–H groups in total. The van der Waals surface area contributed by atoms with Crippen molar-refractivity contribution in [1.82, 2.24) is 0 Å². The molecule has 0 aliphatic heterocycles. The maximum Gasteiger partial charge on any atom is 0.294 e. The summed E-state index contributed by atoms with van der Waals surface area (Å²) in [7, 11) is -4.41. The predicted octanol–water partition coefficient (Wildman–Crippen LogP) is 3.17. The third kappa shape index (κ3) is 5.16. The lowest BCUT2D eigenvalue weighted by atomic mass is 10.1. The van der Waals surface area contributed by atoms with E-state index in [1.807, 2.05) is 0 Å². The molecule has 0 atom stereocenters. The molecule has 0 unspecified atom stereocenters. The molecule has 0 heterocycles. The largest absolute Gasteiger partial charge is 0.507 e. The lowest BCUT2D eigenvalue weighted by Gasteiger charge is -2.09. The van der Waals surface area contributed by atoms with Gasteiger partial charge in [-0.1, -0.05) is 43.0 Å². The summed E-state index contributed by atoms with van der Waals surface area (Å²) in [5.41, 5.74) is 6.99. The molecular weight excluding hydrogens is 418 g/mol. The molecular formula is C22H19N3O5S. The van der Waals surface area contributed by atoms with Crippen LogP contribution in [-0.2, 0) is 10.1 Å². The van der Waals surface area contributed by atoms with Gasteiger partial charge in [0, 0.05) is 5.56 Å². The molecule has 3 aromatic carbocycles. The summed E-state index contributed by atoms with van der Waals surface area (Å²) in [6, 6.07) is 18.0. The first kappa shape index (κ1) is 21.8. The van der Waals surface area contributed by atoms with Crippen molar-refractivity contribution in [3.8, 4) is 11.5 Å². The molecule has 0 saturated heterocycles. The first-order chi connectivity index (χ1) is 14.7. The minimum Gasteiger partial charge on any atom is -0.507 e. The van der Waals surface area contributed by atoms with Gasteiger partial charge in [-0.05, 0) is 36.4 Å². The van der Waals surface area contributed by atoms with Crippen LogP contribution in [0.5, 0.6) is 11.5 Å². The molecule has 0 radical (unpaired) electrons. The van der Waals surface area contributed by atoms with Gasteiger partial charge in [-0.2, -0.15) is 8.42 Å². The van der Waals surface area contributed by atoms with Crippen molar-refractivity contribution < 1.29 is 23.2 Å². The van der Waals surface area contributed by atoms with E-state index < -0.39 is 10.1 Å². The van der Waals surface area contributed by atoms with Crippen LogP contribution >= 0.6 is 0 Å². The summed E-state index contributed by atoms with van der Waals surface area (Å²) in [6.45, 7) is 3.84. The van der Waals surface area contributed by atoms with Crippen LogP contribution in [0, 0.1) is 0 Å². The van der Waals surface area contributed by atoms with Crippen molar-refractivity contribution in [1.29, 1.82) is 0 Å². The van der Waals surface area contributed by atoms with E-state index in [0.717, 1.165) is 0 Å². The molecule has 158 valence electrons. The molecule has 9 heteroatoms. The summed E-state index contributed by atoms with van der Waals surface area (Å²) in [5.74, 6) is -0.268. The summed E-state index contributed by atoms with van der Waals surface area (Å²) in [6.07, 6.45) is 0. The normalized spacial score (nSPS) is 12.5. The summed E-state index contributed by atoms with van der Waals surface area (Å²) >= 11 is 0. The number of nitrogens with zero attached hydrogens (tertiary/aromatic N) is 2. The topological polar surface area (TPSA) is 146 Å². The molecule has 3 aromatic rings. The zero-order chi connectivity index (χ0) is 22.6. The summed E-state index contributed by atoms with van der Waals surface area (Å²) < 4.78 is 32.1. The van der Waals surface area contributed by atoms with Crippen molar-refractivity contribution >= 4 is 27.5 Å². The fourth-order valence-corrected chi connectivity index (χ4v) is 3.23. The average molecular weight is 437 g/mol. The number of benzene rings is 3. The standard InChI is InChI=1S/C22H19N3O5S/c1-14(15-7-6-8-16(13-15)31(28,29)30)24-22(18-10-3-5-12-20(18)27)25-21(23)17-9-2-4-11-19(17)26/h2-13,26-27H,1H2,(H2,23,24,25)(H,28,29,30). The minimum atomic E-state index is -4.41. The fraction of sp³-hybridized carbons (Fsp3) is 0. The Morgan fingerprint density at radius 2 is 1.42 bits per heavy atom. The Hall–Kier alpha value is -3.95. The van der Waals surface area contributed by atoms with E-state index in [-0.39, 0.29) is 44.9 Å². The number of aliphatic imine (C=N–C) groups is 2. The highest BCUT2D eigenvalue weighted by Crippen LogP contribution is 2.24. The lowest BCUT2D eigenvalue weighted by Crippen LogP contribution is -2.16. The molecule has 0 aliphatic rings. The van der Waals surface area contributed by atoms with Gasteiger partial charge in [0.25, 0.3) is 10.1 Å². The van der Waals surface area contributed by atoms with Gasteiger partial charge in [-0.15, -0.1) is 0 Å². The Labute approximate surface area is 179 Å². The van der Waals surface area contributed by atoms with Crippen LogP contribution in [0.15, 0.2) is 94.3 Å². The van der Waals surface area contributed by atoms with E-state index in [2.05, 4.69) is 16.6 Å². The third-order valence-electron chi connectivity index (χ3n) is 4.26. The fourth-order valence-electron chi connectivity index (χ4n) is 2.70. The quantitative estimate of drug-likeness (QED) is 0.274. The lowest BCUT2D eigenvalue weighted by molar-refractivity contribution is 0.474. The van der Waals surface area contributed by atoms with Gasteiger partial charge in [-0.3, -0.25) is 4.55 Å². The molecule has 0 fully saturated rings. The number of hydrogen-bond donors (Lipinski definition) is 4. The number of aromatic hydroxyl groups is 2. The second-order valence-electron chi connectivity index (χ2n) is 6.42. The van der Waals surface area contributed by atoms with E-state index in [0.29, 0.717) is 5.56 Å². The number of phenols is 2. The summed E-state index contributed by atoms with van der Waals surface area (Å²) in [5, 5.41) is 20.3. The van der Waals surface area contributed by atoms with Gasteiger partial charge in [0.1, 0.15) is 17.3 Å². The molecule has 0 aromatic heterocycles. The average Bonchev–Trinajstić information content (AvgIpc) is 2.73. The van der Waals surface area contributed by atoms with Crippen LogP contribution in [0.25, 0.3) is 5.70 Å². The molecule has 0 aliphatic carbocycles. The van der Waals surface area contributed by atoms with Crippen molar-refractivity contribution in [3.63, 3.8) is 0 Å². The number of amidine groups is 2. The van der Waals surface area contributed by atoms with Crippen molar-refractivity contribution in [2.24, 2.45) is 15.7 Å². The molecule has 0 spiro atoms. The van der Waals surface area contributed by atoms with Crippen molar-refractivity contribution in [2.45, 2.75) is 4.90 Å². The second-order valence-corrected chi connectivity index (χ2v) is 7.84. The number of phenolic OH excluding ortho intramolecular Hbond substituents is 2. The van der Waals surface area contributed by atoms with Crippen LogP contribution < -0.4 is 5.73 Å². The van der Waals surface area contributed by atoms with Crippen LogP contribution in [0.4, 0.5) is 0 Å². The van der Waals surface area contributed by atoms with E-state index in [1.54, 1.807) is 42.5 Å². The Bertz CT molecular complexity index is 1310.